The van der Waals surface area contributed by atoms with Crippen LogP contribution < -0.4 is 20.5 Å². The smallest absolute Gasteiger partial charge is 0.165 e. The van der Waals surface area contributed by atoms with E-state index in [1.165, 1.54) is 12.4 Å². The van der Waals surface area contributed by atoms with Crippen LogP contribution in [0.25, 0.3) is 10.9 Å². The Morgan fingerprint density at radius 1 is 1.10 bits per heavy atom. The molecule has 2 aromatic carbocycles. The van der Waals surface area contributed by atoms with E-state index in [2.05, 4.69) is 15.3 Å². The predicted molar refractivity (Wildman–Crippen MR) is 126 cm³/mol. The average Bonchev–Trinajstić information content (AvgIpc) is 2.73. The van der Waals surface area contributed by atoms with Gasteiger partial charge in [0, 0.05) is 17.5 Å². The van der Waals surface area contributed by atoms with E-state index >= 15 is 0 Å². The number of aromatic nitrogens is 2. The Kier molecular flexibility index (Phi) is 8.94. The van der Waals surface area contributed by atoms with Crippen molar-refractivity contribution in [1.82, 2.24) is 9.97 Å². The first kappa shape index (κ1) is 25.2. The first-order chi connectivity index (χ1) is 14.0. The van der Waals surface area contributed by atoms with Gasteiger partial charge in [-0.05, 0) is 43.9 Å². The molecule has 0 radical (unpaired) electrons. The lowest BCUT2D eigenvalue weighted by Crippen LogP contribution is -2.31. The molecule has 0 unspecified atom stereocenters. The standard InChI is InChI=1S/C21H22ClFN4O2.2ClH/c1-28-18-10-17-14(9-19(18)29-13-7-5-12(24)6-8-13)21(26-11-25-17)27-16-4-2-3-15(22)20(16)23;;/h2-4,9-13H,5-8,24H2,1H3,(H,25,26,27);2*1H. The zero-order valence-electron chi connectivity index (χ0n) is 16.8. The van der Waals surface area contributed by atoms with E-state index in [9.17, 15) is 4.39 Å². The minimum atomic E-state index is -0.538. The number of rotatable bonds is 5. The second kappa shape index (κ2) is 11.0. The minimum Gasteiger partial charge on any atom is -0.493 e. The molecule has 0 spiro atoms. The topological polar surface area (TPSA) is 82.3 Å². The lowest BCUT2D eigenvalue weighted by molar-refractivity contribution is 0.142. The summed E-state index contributed by atoms with van der Waals surface area (Å²) in [5.41, 5.74) is 6.88. The van der Waals surface area contributed by atoms with E-state index in [-0.39, 0.29) is 47.7 Å². The summed E-state index contributed by atoms with van der Waals surface area (Å²) in [6.07, 6.45) is 5.15. The number of nitrogens with zero attached hydrogens (tertiary/aromatic N) is 2. The normalized spacial score (nSPS) is 17.9. The summed E-state index contributed by atoms with van der Waals surface area (Å²) in [7, 11) is 1.59. The van der Waals surface area contributed by atoms with Crippen LogP contribution in [0.15, 0.2) is 36.7 Å². The molecule has 168 valence electrons. The Morgan fingerprint density at radius 3 is 2.55 bits per heavy atom. The molecule has 0 aliphatic heterocycles. The van der Waals surface area contributed by atoms with Crippen molar-refractivity contribution >= 4 is 58.8 Å². The highest BCUT2D eigenvalue weighted by Gasteiger charge is 2.22. The highest BCUT2D eigenvalue weighted by Crippen LogP contribution is 2.37. The molecule has 6 nitrogen and oxygen atoms in total. The monoisotopic (exact) mass is 488 g/mol. The zero-order chi connectivity index (χ0) is 20.4. The third kappa shape index (κ3) is 5.60. The summed E-state index contributed by atoms with van der Waals surface area (Å²) in [4.78, 5) is 8.59. The molecule has 0 saturated heterocycles. The van der Waals surface area contributed by atoms with Gasteiger partial charge in [0.15, 0.2) is 17.3 Å². The first-order valence-electron chi connectivity index (χ1n) is 9.51. The fraction of sp³-hybridized carbons (Fsp3) is 0.333. The Labute approximate surface area is 197 Å². The summed E-state index contributed by atoms with van der Waals surface area (Å²) >= 11 is 5.89. The molecule has 0 amide bonds. The van der Waals surface area contributed by atoms with Gasteiger partial charge in [0.1, 0.15) is 12.1 Å². The molecular weight excluding hydrogens is 466 g/mol. The Morgan fingerprint density at radius 2 is 1.84 bits per heavy atom. The number of halogens is 4. The van der Waals surface area contributed by atoms with Crippen LogP contribution in [-0.2, 0) is 0 Å². The molecule has 3 N–H and O–H groups in total. The van der Waals surface area contributed by atoms with Crippen molar-refractivity contribution in [2.45, 2.75) is 37.8 Å². The number of methoxy groups -OCH3 is 1. The highest BCUT2D eigenvalue weighted by atomic mass is 35.5. The van der Waals surface area contributed by atoms with Crippen molar-refractivity contribution < 1.29 is 13.9 Å². The molecule has 1 aliphatic rings. The van der Waals surface area contributed by atoms with Crippen LogP contribution in [0.4, 0.5) is 15.9 Å². The maximum atomic E-state index is 14.3. The van der Waals surface area contributed by atoms with Crippen LogP contribution in [0, 0.1) is 5.82 Å². The van der Waals surface area contributed by atoms with Crippen LogP contribution in [0.3, 0.4) is 0 Å². The van der Waals surface area contributed by atoms with Gasteiger partial charge in [0.05, 0.1) is 29.4 Å². The number of nitrogens with one attached hydrogen (secondary N) is 1. The van der Waals surface area contributed by atoms with E-state index in [0.717, 1.165) is 25.7 Å². The van der Waals surface area contributed by atoms with Crippen molar-refractivity contribution in [3.8, 4) is 11.5 Å². The van der Waals surface area contributed by atoms with Crippen LogP contribution in [0.5, 0.6) is 11.5 Å². The van der Waals surface area contributed by atoms with Crippen LogP contribution in [0.2, 0.25) is 5.02 Å². The van der Waals surface area contributed by atoms with Crippen molar-refractivity contribution in [3.05, 3.63) is 47.5 Å². The number of benzene rings is 2. The number of nitrogens with two attached hydrogens (primary N) is 1. The molecule has 1 aromatic heterocycles. The third-order valence-corrected chi connectivity index (χ3v) is 5.43. The SMILES string of the molecule is COc1cc2ncnc(Nc3cccc(Cl)c3F)c2cc1OC1CCC(N)CC1.Cl.Cl. The number of hydrogen-bond acceptors (Lipinski definition) is 6. The fourth-order valence-electron chi connectivity index (χ4n) is 3.53. The second-order valence-corrected chi connectivity index (χ2v) is 7.53. The van der Waals surface area contributed by atoms with E-state index in [0.29, 0.717) is 28.2 Å². The van der Waals surface area contributed by atoms with Crippen LogP contribution >= 0.6 is 36.4 Å². The summed E-state index contributed by atoms with van der Waals surface area (Å²) in [6.45, 7) is 0. The van der Waals surface area contributed by atoms with Gasteiger partial charge in [-0.25, -0.2) is 14.4 Å². The summed E-state index contributed by atoms with van der Waals surface area (Å²) in [5, 5.41) is 3.73. The van der Waals surface area contributed by atoms with E-state index in [4.69, 9.17) is 26.8 Å². The van der Waals surface area contributed by atoms with Crippen LogP contribution in [0.1, 0.15) is 25.7 Å². The first-order valence-corrected chi connectivity index (χ1v) is 9.89. The molecule has 10 heteroatoms. The molecule has 3 aromatic rings. The Bertz CT molecular complexity index is 1030. The number of fused-ring (bicyclic) bond motifs is 1. The van der Waals surface area contributed by atoms with Gasteiger partial charge in [-0.2, -0.15) is 0 Å². The van der Waals surface area contributed by atoms with Gasteiger partial charge in [-0.1, -0.05) is 17.7 Å². The molecular formula is C21H24Cl3FN4O2. The molecule has 0 bridgehead atoms. The predicted octanol–water partition coefficient (Wildman–Crippen LogP) is 5.67. The van der Waals surface area contributed by atoms with E-state index in [1.54, 1.807) is 25.3 Å². The Balaban J connectivity index is 0.00000171. The average molecular weight is 490 g/mol. The molecule has 1 aliphatic carbocycles. The molecule has 4 rings (SSSR count). The molecule has 31 heavy (non-hydrogen) atoms. The van der Waals surface area contributed by atoms with Gasteiger partial charge in [0.25, 0.3) is 0 Å². The largest absolute Gasteiger partial charge is 0.493 e. The van der Waals surface area contributed by atoms with Crippen molar-refractivity contribution in [3.63, 3.8) is 0 Å². The van der Waals surface area contributed by atoms with Crippen molar-refractivity contribution in [1.29, 1.82) is 0 Å². The van der Waals surface area contributed by atoms with Crippen molar-refractivity contribution in [2.24, 2.45) is 5.73 Å². The van der Waals surface area contributed by atoms with E-state index < -0.39 is 5.82 Å². The van der Waals surface area contributed by atoms with Gasteiger partial charge in [-0.15, -0.1) is 24.8 Å². The summed E-state index contributed by atoms with van der Waals surface area (Å²) < 4.78 is 26.1. The second-order valence-electron chi connectivity index (χ2n) is 7.12. The molecule has 1 heterocycles. The lowest BCUT2D eigenvalue weighted by atomic mass is 9.94. The fourth-order valence-corrected chi connectivity index (χ4v) is 3.70. The number of ether oxygens (including phenoxy) is 2. The maximum absolute atomic E-state index is 14.3. The van der Waals surface area contributed by atoms with Gasteiger partial charge < -0.3 is 20.5 Å². The molecule has 1 saturated carbocycles. The van der Waals surface area contributed by atoms with Crippen LogP contribution in [-0.4, -0.2) is 29.2 Å². The lowest BCUT2D eigenvalue weighted by Gasteiger charge is -2.27. The molecule has 1 fully saturated rings. The quantitative estimate of drug-likeness (QED) is 0.481. The van der Waals surface area contributed by atoms with Gasteiger partial charge in [-0.3, -0.25) is 0 Å². The van der Waals surface area contributed by atoms with Gasteiger partial charge >= 0.3 is 0 Å². The maximum Gasteiger partial charge on any atom is 0.165 e. The minimum absolute atomic E-state index is 0. The summed E-state index contributed by atoms with van der Waals surface area (Å²) in [6, 6.07) is 8.62. The summed E-state index contributed by atoms with van der Waals surface area (Å²) in [5.74, 6) is 1.11. The molecule has 0 atom stereocenters. The van der Waals surface area contributed by atoms with E-state index in [1.807, 2.05) is 6.07 Å². The zero-order valence-corrected chi connectivity index (χ0v) is 19.2. The van der Waals surface area contributed by atoms with Crippen molar-refractivity contribution in [2.75, 3.05) is 12.4 Å². The Hall–Kier alpha value is -2.06. The number of anilines is 2. The highest BCUT2D eigenvalue weighted by molar-refractivity contribution is 6.31. The number of hydrogen-bond donors (Lipinski definition) is 2. The van der Waals surface area contributed by atoms with Gasteiger partial charge in [0.2, 0.25) is 0 Å². The third-order valence-electron chi connectivity index (χ3n) is 5.14.